The summed E-state index contributed by atoms with van der Waals surface area (Å²) >= 11 is 0. The molecule has 0 saturated carbocycles. The molecule has 0 unspecified atom stereocenters. The van der Waals surface area contributed by atoms with Crippen molar-refractivity contribution in [1.29, 1.82) is 0 Å². The van der Waals surface area contributed by atoms with E-state index in [0.717, 1.165) is 32.2 Å². The number of hydrogen-bond donors (Lipinski definition) is 2. The number of rotatable bonds is 4. The van der Waals surface area contributed by atoms with Crippen LogP contribution in [-0.2, 0) is 14.6 Å². The van der Waals surface area contributed by atoms with Gasteiger partial charge in [0.15, 0.2) is 16.4 Å². The Morgan fingerprint density at radius 2 is 1.76 bits per heavy atom. The van der Waals surface area contributed by atoms with Crippen molar-refractivity contribution < 1.29 is 18.1 Å². The molecule has 1 aliphatic rings. The highest BCUT2D eigenvalue weighted by Gasteiger charge is 2.19. The van der Waals surface area contributed by atoms with Gasteiger partial charge < -0.3 is 10.2 Å². The van der Waals surface area contributed by atoms with Gasteiger partial charge in [-0.3, -0.25) is 4.79 Å². The van der Waals surface area contributed by atoms with Crippen molar-refractivity contribution >= 4 is 21.4 Å². The van der Waals surface area contributed by atoms with Gasteiger partial charge in [0.2, 0.25) is 0 Å². The molecular weight excluding hydrogens is 288 g/mol. The lowest BCUT2D eigenvalue weighted by molar-refractivity contribution is -0.890. The molecule has 0 bridgehead atoms. The Hall–Kier alpha value is -1.40. The Morgan fingerprint density at radius 3 is 2.38 bits per heavy atom. The van der Waals surface area contributed by atoms with Crippen LogP contribution in [-0.4, -0.2) is 40.2 Å². The van der Waals surface area contributed by atoms with E-state index in [1.165, 1.54) is 23.8 Å². The lowest BCUT2D eigenvalue weighted by Crippen LogP contribution is -3.12. The molecule has 0 spiro atoms. The normalized spacial score (nSPS) is 17.2. The van der Waals surface area contributed by atoms with Crippen molar-refractivity contribution in [3.8, 4) is 0 Å². The predicted molar refractivity (Wildman–Crippen MR) is 82.2 cm³/mol. The van der Waals surface area contributed by atoms with E-state index in [4.69, 9.17) is 0 Å². The quantitative estimate of drug-likeness (QED) is 0.850. The van der Waals surface area contributed by atoms with Crippen LogP contribution in [0.4, 0.5) is 5.69 Å². The second-order valence-corrected chi connectivity index (χ2v) is 7.64. The molecule has 1 aromatic carbocycles. The Morgan fingerprint density at radius 1 is 1.14 bits per heavy atom. The Balaban J connectivity index is 2.03. The van der Waals surface area contributed by atoms with Gasteiger partial charge in [0.05, 0.1) is 23.7 Å². The molecular formula is C15H23N2O3S+. The predicted octanol–water partition coefficient (Wildman–Crippen LogP) is 0.488. The molecule has 21 heavy (non-hydrogen) atoms. The minimum absolute atomic E-state index is 0.122. The summed E-state index contributed by atoms with van der Waals surface area (Å²) in [7, 11) is -3.34. The molecule has 1 aliphatic heterocycles. The number of quaternary nitrogens is 1. The molecule has 5 nitrogen and oxygen atoms in total. The van der Waals surface area contributed by atoms with Crippen LogP contribution in [0, 0.1) is 0 Å². The van der Waals surface area contributed by atoms with Crippen LogP contribution in [0.15, 0.2) is 29.2 Å². The van der Waals surface area contributed by atoms with Crippen LogP contribution in [0.5, 0.6) is 0 Å². The maximum Gasteiger partial charge on any atom is 0.279 e. The minimum Gasteiger partial charge on any atom is -0.327 e. The van der Waals surface area contributed by atoms with E-state index in [1.54, 1.807) is 18.2 Å². The molecule has 0 atom stereocenters. The smallest absolute Gasteiger partial charge is 0.279 e. The lowest BCUT2D eigenvalue weighted by atomic mass is 10.2. The fourth-order valence-corrected chi connectivity index (χ4v) is 3.56. The van der Waals surface area contributed by atoms with E-state index in [2.05, 4.69) is 5.32 Å². The summed E-state index contributed by atoms with van der Waals surface area (Å²) in [6, 6.07) is 6.53. The number of sulfone groups is 1. The summed E-state index contributed by atoms with van der Waals surface area (Å²) in [4.78, 5) is 13.6. The first-order valence-corrected chi connectivity index (χ1v) is 9.28. The number of nitrogens with one attached hydrogen (secondary N) is 2. The van der Waals surface area contributed by atoms with Crippen LogP contribution in [0.3, 0.4) is 0 Å². The lowest BCUT2D eigenvalue weighted by Gasteiger charge is -2.17. The number of carbonyl (C=O) groups excluding carboxylic acids is 1. The number of amides is 1. The fraction of sp³-hybridized carbons (Fsp3) is 0.533. The highest BCUT2D eigenvalue weighted by atomic mass is 32.2. The molecule has 2 rings (SSSR count). The van der Waals surface area contributed by atoms with Gasteiger partial charge in [-0.05, 0) is 37.8 Å². The Labute approximate surface area is 126 Å². The summed E-state index contributed by atoms with van der Waals surface area (Å²) in [5, 5.41) is 2.75. The van der Waals surface area contributed by atoms with Crippen molar-refractivity contribution in [2.45, 2.75) is 30.6 Å². The largest absolute Gasteiger partial charge is 0.327 e. The zero-order chi connectivity index (χ0) is 15.3. The molecule has 1 saturated heterocycles. The first-order chi connectivity index (χ1) is 9.97. The highest BCUT2D eigenvalue weighted by Crippen LogP contribution is 2.20. The van der Waals surface area contributed by atoms with Gasteiger partial charge in [0.1, 0.15) is 0 Å². The molecule has 1 amide bonds. The number of anilines is 1. The summed E-state index contributed by atoms with van der Waals surface area (Å²) in [5.74, 6) is -0.122. The van der Waals surface area contributed by atoms with Crippen LogP contribution in [0.2, 0.25) is 0 Å². The molecule has 1 fully saturated rings. The topological polar surface area (TPSA) is 67.7 Å². The van der Waals surface area contributed by atoms with Crippen molar-refractivity contribution in [2.75, 3.05) is 31.2 Å². The van der Waals surface area contributed by atoms with Gasteiger partial charge in [-0.25, -0.2) is 8.42 Å². The second kappa shape index (κ2) is 7.04. The fourth-order valence-electron chi connectivity index (χ4n) is 2.72. The van der Waals surface area contributed by atoms with Gasteiger partial charge >= 0.3 is 0 Å². The van der Waals surface area contributed by atoms with E-state index in [0.29, 0.717) is 12.2 Å². The standard InChI is InChI=1S/C15H22N2O3S/c1-21(19,20)14-9-5-4-8-13(14)16-15(18)12-17-10-6-2-3-7-11-17/h4-5,8-9H,2-3,6-7,10-12H2,1H3,(H,16,18)/p+1. The summed E-state index contributed by atoms with van der Waals surface area (Å²) in [5.41, 5.74) is 0.374. The molecule has 0 aromatic heterocycles. The number of carbonyl (C=O) groups is 1. The molecule has 6 heteroatoms. The molecule has 1 heterocycles. The average Bonchev–Trinajstić information content (AvgIpc) is 2.66. The molecule has 0 radical (unpaired) electrons. The molecule has 1 aromatic rings. The maximum atomic E-state index is 12.1. The molecule has 116 valence electrons. The summed E-state index contributed by atoms with van der Waals surface area (Å²) in [6.45, 7) is 2.43. The number of para-hydroxylation sites is 1. The minimum atomic E-state index is -3.34. The number of hydrogen-bond acceptors (Lipinski definition) is 3. The van der Waals surface area contributed by atoms with Crippen LogP contribution in [0.1, 0.15) is 25.7 Å². The maximum absolute atomic E-state index is 12.1. The van der Waals surface area contributed by atoms with Crippen molar-refractivity contribution in [2.24, 2.45) is 0 Å². The third-order valence-corrected chi connectivity index (χ3v) is 4.94. The van der Waals surface area contributed by atoms with E-state index in [1.807, 2.05) is 0 Å². The van der Waals surface area contributed by atoms with Crippen molar-refractivity contribution in [3.05, 3.63) is 24.3 Å². The van der Waals surface area contributed by atoms with E-state index >= 15 is 0 Å². The van der Waals surface area contributed by atoms with E-state index in [9.17, 15) is 13.2 Å². The van der Waals surface area contributed by atoms with E-state index in [-0.39, 0.29) is 10.8 Å². The third kappa shape index (κ3) is 4.82. The SMILES string of the molecule is CS(=O)(=O)c1ccccc1NC(=O)C[NH+]1CCCCCC1. The second-order valence-electron chi connectivity index (χ2n) is 5.66. The van der Waals surface area contributed by atoms with Crippen LogP contribution < -0.4 is 10.2 Å². The highest BCUT2D eigenvalue weighted by molar-refractivity contribution is 7.90. The van der Waals surface area contributed by atoms with Crippen LogP contribution in [0.25, 0.3) is 0 Å². The third-order valence-electron chi connectivity index (χ3n) is 3.78. The van der Waals surface area contributed by atoms with Crippen molar-refractivity contribution in [1.82, 2.24) is 0 Å². The van der Waals surface area contributed by atoms with E-state index < -0.39 is 9.84 Å². The van der Waals surface area contributed by atoms with Gasteiger partial charge in [-0.2, -0.15) is 0 Å². The van der Waals surface area contributed by atoms with Gasteiger partial charge in [0, 0.05) is 6.26 Å². The number of likely N-dealkylation sites (tertiary alicyclic amines) is 1. The zero-order valence-corrected chi connectivity index (χ0v) is 13.2. The van der Waals surface area contributed by atoms with Crippen LogP contribution >= 0.6 is 0 Å². The molecule has 2 N–H and O–H groups in total. The number of benzene rings is 1. The molecule has 0 aliphatic carbocycles. The van der Waals surface area contributed by atoms with Crippen molar-refractivity contribution in [3.63, 3.8) is 0 Å². The zero-order valence-electron chi connectivity index (χ0n) is 12.4. The first kappa shape index (κ1) is 16.0. The monoisotopic (exact) mass is 311 g/mol. The Bertz CT molecular complexity index is 591. The Kier molecular flexibility index (Phi) is 5.36. The van der Waals surface area contributed by atoms with Gasteiger partial charge in [0.25, 0.3) is 5.91 Å². The average molecular weight is 311 g/mol. The van der Waals surface area contributed by atoms with Gasteiger partial charge in [-0.1, -0.05) is 12.1 Å². The summed E-state index contributed by atoms with van der Waals surface area (Å²) in [6.07, 6.45) is 5.94. The van der Waals surface area contributed by atoms with Gasteiger partial charge in [-0.15, -0.1) is 0 Å². The first-order valence-electron chi connectivity index (χ1n) is 7.39. The summed E-state index contributed by atoms with van der Waals surface area (Å²) < 4.78 is 23.4.